The van der Waals surface area contributed by atoms with Crippen molar-refractivity contribution in [1.82, 2.24) is 15.5 Å². The van der Waals surface area contributed by atoms with E-state index in [4.69, 9.17) is 9.47 Å². The van der Waals surface area contributed by atoms with Crippen molar-refractivity contribution in [3.63, 3.8) is 0 Å². The van der Waals surface area contributed by atoms with Gasteiger partial charge >= 0.3 is 12.1 Å². The van der Waals surface area contributed by atoms with Gasteiger partial charge in [0.25, 0.3) is 0 Å². The maximum Gasteiger partial charge on any atom is 0.408 e. The molecule has 236 valence electrons. The number of thiol groups is 1. The molecule has 3 unspecified atom stereocenters. The molecule has 0 aliphatic rings. The summed E-state index contributed by atoms with van der Waals surface area (Å²) in [5.41, 5.74) is -0.488. The zero-order chi connectivity index (χ0) is 32.4. The summed E-state index contributed by atoms with van der Waals surface area (Å²) in [6.07, 6.45) is -0.183. The SMILES string of the molecule is CCCN(C(=O)C(CS)NC(=O)OC(C)(C)C)C(C(=O)NC(Cc1ccccc1)C(=O)OC(C)(C)C)c1cccc(O)c1. The zero-order valence-corrected chi connectivity index (χ0v) is 26.9. The molecule has 0 heterocycles. The van der Waals surface area contributed by atoms with E-state index in [1.807, 2.05) is 37.3 Å². The van der Waals surface area contributed by atoms with Crippen LogP contribution in [0.1, 0.15) is 72.1 Å². The van der Waals surface area contributed by atoms with Crippen molar-refractivity contribution < 1.29 is 33.8 Å². The average Bonchev–Trinajstić information content (AvgIpc) is 2.89. The Kier molecular flexibility index (Phi) is 12.9. The first-order valence-corrected chi connectivity index (χ1v) is 14.9. The second-order valence-electron chi connectivity index (χ2n) is 12.2. The number of hydrogen-bond donors (Lipinski definition) is 4. The molecule has 43 heavy (non-hydrogen) atoms. The van der Waals surface area contributed by atoms with E-state index in [1.165, 1.54) is 17.0 Å². The smallest absolute Gasteiger partial charge is 0.408 e. The Morgan fingerprint density at radius 2 is 1.51 bits per heavy atom. The number of esters is 1. The maximum atomic E-state index is 14.1. The monoisotopic (exact) mass is 615 g/mol. The fraction of sp³-hybridized carbons (Fsp3) is 0.500. The van der Waals surface area contributed by atoms with Gasteiger partial charge in [-0.3, -0.25) is 9.59 Å². The van der Waals surface area contributed by atoms with Gasteiger partial charge in [0.2, 0.25) is 11.8 Å². The lowest BCUT2D eigenvalue weighted by Crippen LogP contribution is -2.55. The van der Waals surface area contributed by atoms with Gasteiger partial charge in [0.15, 0.2) is 0 Å². The molecule has 0 bridgehead atoms. The van der Waals surface area contributed by atoms with E-state index in [9.17, 15) is 24.3 Å². The molecule has 0 saturated heterocycles. The molecular weight excluding hydrogens is 570 g/mol. The van der Waals surface area contributed by atoms with E-state index in [0.717, 1.165) is 5.56 Å². The van der Waals surface area contributed by atoms with Gasteiger partial charge in [-0.25, -0.2) is 9.59 Å². The van der Waals surface area contributed by atoms with Crippen molar-refractivity contribution in [3.05, 3.63) is 65.7 Å². The highest BCUT2D eigenvalue weighted by Gasteiger charge is 2.38. The van der Waals surface area contributed by atoms with Gasteiger partial charge in [0.05, 0.1) is 0 Å². The normalized spacial score (nSPS) is 13.7. The molecular formula is C32H45N3O7S. The van der Waals surface area contributed by atoms with Crippen LogP contribution in [0.5, 0.6) is 5.75 Å². The minimum atomic E-state index is -1.26. The molecule has 10 nitrogen and oxygen atoms in total. The van der Waals surface area contributed by atoms with E-state index >= 15 is 0 Å². The number of alkyl carbamates (subject to hydrolysis) is 1. The van der Waals surface area contributed by atoms with Crippen LogP contribution in [0.3, 0.4) is 0 Å². The fourth-order valence-corrected chi connectivity index (χ4v) is 4.52. The van der Waals surface area contributed by atoms with Gasteiger partial charge in [0.1, 0.15) is 35.1 Å². The number of nitrogens with zero attached hydrogens (tertiary/aromatic N) is 1. The molecule has 2 aromatic carbocycles. The van der Waals surface area contributed by atoms with Gasteiger partial charge < -0.3 is 30.1 Å². The van der Waals surface area contributed by atoms with E-state index in [0.29, 0.717) is 12.0 Å². The number of carbonyl (C=O) groups is 4. The average molecular weight is 616 g/mol. The van der Waals surface area contributed by atoms with Crippen LogP contribution in [0.4, 0.5) is 4.79 Å². The lowest BCUT2D eigenvalue weighted by Gasteiger charge is -2.35. The maximum absolute atomic E-state index is 14.1. The van der Waals surface area contributed by atoms with Crippen molar-refractivity contribution in [2.45, 2.75) is 90.6 Å². The highest BCUT2D eigenvalue weighted by molar-refractivity contribution is 7.80. The summed E-state index contributed by atoms with van der Waals surface area (Å²) in [5.74, 6) is -2.05. The molecule has 0 aliphatic carbocycles. The second-order valence-corrected chi connectivity index (χ2v) is 12.6. The van der Waals surface area contributed by atoms with Crippen molar-refractivity contribution in [3.8, 4) is 5.75 Å². The Hall–Kier alpha value is -3.73. The molecule has 11 heteroatoms. The fourth-order valence-electron chi connectivity index (χ4n) is 4.28. The van der Waals surface area contributed by atoms with Crippen LogP contribution in [0.15, 0.2) is 54.6 Å². The first-order valence-electron chi connectivity index (χ1n) is 14.3. The van der Waals surface area contributed by atoms with Crippen molar-refractivity contribution >= 4 is 36.5 Å². The second kappa shape index (κ2) is 15.7. The molecule has 3 atom stereocenters. The molecule has 0 fully saturated rings. The molecule has 3 N–H and O–H groups in total. The van der Waals surface area contributed by atoms with Crippen LogP contribution < -0.4 is 10.6 Å². The van der Waals surface area contributed by atoms with Gasteiger partial charge in [0, 0.05) is 18.7 Å². The third-order valence-corrected chi connectivity index (χ3v) is 6.32. The quantitative estimate of drug-likeness (QED) is 0.203. The van der Waals surface area contributed by atoms with Gasteiger partial charge in [-0.1, -0.05) is 49.4 Å². The first kappa shape index (κ1) is 35.5. The number of phenols is 1. The number of aromatic hydroxyl groups is 1. The number of hydrogen-bond acceptors (Lipinski definition) is 8. The molecule has 2 rings (SSSR count). The number of rotatable bonds is 12. The predicted octanol–water partition coefficient (Wildman–Crippen LogP) is 4.56. The van der Waals surface area contributed by atoms with Crippen LogP contribution in [0.2, 0.25) is 0 Å². The van der Waals surface area contributed by atoms with Gasteiger partial charge in [-0.05, 0) is 71.2 Å². The minimum Gasteiger partial charge on any atom is -0.508 e. The standard InChI is InChI=1S/C32H45N3O7S/c1-8-17-35(28(38)25(20-43)34-30(40)42-32(5,6)7)26(22-15-12-16-23(36)19-22)27(37)33-24(29(39)41-31(2,3)4)18-21-13-10-9-11-14-21/h9-16,19,24-26,36,43H,8,17-18,20H2,1-7H3,(H,33,37)(H,34,40). The Balaban J connectivity index is 2.52. The zero-order valence-electron chi connectivity index (χ0n) is 26.0. The highest BCUT2D eigenvalue weighted by Crippen LogP contribution is 2.26. The molecule has 0 aliphatic heterocycles. The summed E-state index contributed by atoms with van der Waals surface area (Å²) in [6.45, 7) is 12.3. The number of nitrogens with one attached hydrogen (secondary N) is 2. The number of carbonyl (C=O) groups excluding carboxylic acids is 4. The number of benzene rings is 2. The third-order valence-electron chi connectivity index (χ3n) is 5.96. The number of phenolic OH excluding ortho intramolecular Hbond substituents is 1. The summed E-state index contributed by atoms with van der Waals surface area (Å²) in [7, 11) is 0. The topological polar surface area (TPSA) is 134 Å². The summed E-state index contributed by atoms with van der Waals surface area (Å²) in [4.78, 5) is 55.2. The van der Waals surface area contributed by atoms with Crippen LogP contribution in [0.25, 0.3) is 0 Å². The molecule has 0 radical (unpaired) electrons. The van der Waals surface area contributed by atoms with Crippen molar-refractivity contribution in [2.24, 2.45) is 0 Å². The highest BCUT2D eigenvalue weighted by atomic mass is 32.1. The molecule has 3 amide bonds. The largest absolute Gasteiger partial charge is 0.508 e. The Bertz CT molecular complexity index is 1240. The van der Waals surface area contributed by atoms with Gasteiger partial charge in [-0.15, -0.1) is 0 Å². The summed E-state index contributed by atoms with van der Waals surface area (Å²) < 4.78 is 11.0. The number of amides is 3. The Morgan fingerprint density at radius 3 is 2.05 bits per heavy atom. The van der Waals surface area contributed by atoms with E-state index in [1.54, 1.807) is 53.7 Å². The number of ether oxygens (including phenoxy) is 2. The Morgan fingerprint density at radius 1 is 0.884 bits per heavy atom. The van der Waals surface area contributed by atoms with Crippen molar-refractivity contribution in [2.75, 3.05) is 12.3 Å². The minimum absolute atomic E-state index is 0.0682. The molecule has 0 spiro atoms. The van der Waals surface area contributed by atoms with E-state index in [2.05, 4.69) is 23.3 Å². The summed E-state index contributed by atoms with van der Waals surface area (Å²) in [6, 6.07) is 11.7. The lowest BCUT2D eigenvalue weighted by molar-refractivity contribution is -0.159. The van der Waals surface area contributed by atoms with E-state index < -0.39 is 53.2 Å². The summed E-state index contributed by atoms with van der Waals surface area (Å²) >= 11 is 4.29. The van der Waals surface area contributed by atoms with E-state index in [-0.39, 0.29) is 24.5 Å². The third kappa shape index (κ3) is 11.8. The molecule has 0 aromatic heterocycles. The Labute approximate surface area is 259 Å². The van der Waals surface area contributed by atoms with Gasteiger partial charge in [-0.2, -0.15) is 12.6 Å². The van der Waals surface area contributed by atoms with Crippen LogP contribution in [-0.4, -0.2) is 69.5 Å². The lowest BCUT2D eigenvalue weighted by atomic mass is 10.0. The van der Waals surface area contributed by atoms with Crippen LogP contribution in [-0.2, 0) is 30.3 Å². The first-order chi connectivity index (χ1) is 20.0. The predicted molar refractivity (Wildman–Crippen MR) is 168 cm³/mol. The molecule has 2 aromatic rings. The summed E-state index contributed by atoms with van der Waals surface area (Å²) in [5, 5.41) is 15.6. The van der Waals surface area contributed by atoms with Crippen molar-refractivity contribution in [1.29, 1.82) is 0 Å². The molecule has 0 saturated carbocycles. The van der Waals surface area contributed by atoms with Crippen LogP contribution >= 0.6 is 12.6 Å². The van der Waals surface area contributed by atoms with Crippen LogP contribution in [0, 0.1) is 0 Å².